The molecule has 16 heavy (non-hydrogen) atoms. The van der Waals surface area contributed by atoms with Crippen molar-refractivity contribution in [3.05, 3.63) is 42.5 Å². The number of rotatable bonds is 3. The SMILES string of the molecule is CC(C)(C)n1cc(CNn2cccc2)cn1. The minimum absolute atomic E-state index is 0.0473. The van der Waals surface area contributed by atoms with E-state index in [1.165, 1.54) is 5.56 Å². The Bertz CT molecular complexity index is 434. The van der Waals surface area contributed by atoms with Crippen molar-refractivity contribution in [1.82, 2.24) is 14.5 Å². The highest BCUT2D eigenvalue weighted by Gasteiger charge is 2.13. The summed E-state index contributed by atoms with van der Waals surface area (Å²) < 4.78 is 3.92. The summed E-state index contributed by atoms with van der Waals surface area (Å²) in [5.41, 5.74) is 4.50. The summed E-state index contributed by atoms with van der Waals surface area (Å²) >= 11 is 0. The maximum Gasteiger partial charge on any atom is 0.0595 e. The Morgan fingerprint density at radius 3 is 2.50 bits per heavy atom. The van der Waals surface area contributed by atoms with Crippen LogP contribution in [0, 0.1) is 0 Å². The normalized spacial score (nSPS) is 11.7. The van der Waals surface area contributed by atoms with Gasteiger partial charge in [0.15, 0.2) is 0 Å². The minimum Gasteiger partial charge on any atom is -0.322 e. The molecule has 86 valence electrons. The van der Waals surface area contributed by atoms with Gasteiger partial charge in [-0.05, 0) is 32.9 Å². The van der Waals surface area contributed by atoms with Gasteiger partial charge in [0.05, 0.1) is 18.3 Å². The third-order valence-corrected chi connectivity index (χ3v) is 2.39. The van der Waals surface area contributed by atoms with Gasteiger partial charge >= 0.3 is 0 Å². The minimum atomic E-state index is 0.0473. The summed E-state index contributed by atoms with van der Waals surface area (Å²) in [5, 5.41) is 4.35. The fraction of sp³-hybridized carbons (Fsp3) is 0.417. The predicted octanol–water partition coefficient (Wildman–Crippen LogP) is 2.18. The zero-order valence-corrected chi connectivity index (χ0v) is 10.0. The number of hydrogen-bond acceptors (Lipinski definition) is 2. The number of aromatic nitrogens is 3. The van der Waals surface area contributed by atoms with Gasteiger partial charge in [0.2, 0.25) is 0 Å². The van der Waals surface area contributed by atoms with Gasteiger partial charge in [-0.2, -0.15) is 5.10 Å². The van der Waals surface area contributed by atoms with Crippen LogP contribution < -0.4 is 5.43 Å². The molecule has 1 N–H and O–H groups in total. The molecule has 2 aromatic rings. The highest BCUT2D eigenvalue weighted by atomic mass is 15.4. The second kappa shape index (κ2) is 4.04. The van der Waals surface area contributed by atoms with Crippen LogP contribution in [0.5, 0.6) is 0 Å². The summed E-state index contributed by atoms with van der Waals surface area (Å²) in [6.07, 6.45) is 7.95. The standard InChI is InChI=1S/C12H18N4/c1-12(2,3)16-10-11(9-14-16)8-13-15-6-4-5-7-15/h4-7,9-10,13H,8H2,1-3H3. The van der Waals surface area contributed by atoms with Crippen molar-refractivity contribution >= 4 is 0 Å². The molecule has 0 aliphatic rings. The Kier molecular flexibility index (Phi) is 2.73. The summed E-state index contributed by atoms with van der Waals surface area (Å²) in [6, 6.07) is 3.98. The van der Waals surface area contributed by atoms with E-state index >= 15 is 0 Å². The van der Waals surface area contributed by atoms with Crippen molar-refractivity contribution in [2.24, 2.45) is 0 Å². The first-order valence-corrected chi connectivity index (χ1v) is 5.46. The molecule has 0 amide bonds. The third-order valence-electron chi connectivity index (χ3n) is 2.39. The smallest absolute Gasteiger partial charge is 0.0595 e. The lowest BCUT2D eigenvalue weighted by molar-refractivity contribution is 0.355. The van der Waals surface area contributed by atoms with Gasteiger partial charge in [0.1, 0.15) is 0 Å². The Hall–Kier alpha value is -1.71. The van der Waals surface area contributed by atoms with Crippen LogP contribution in [0.3, 0.4) is 0 Å². The van der Waals surface area contributed by atoms with Crippen LogP contribution in [0.1, 0.15) is 26.3 Å². The molecule has 0 aliphatic carbocycles. The van der Waals surface area contributed by atoms with Crippen LogP contribution in [0.15, 0.2) is 36.9 Å². The van der Waals surface area contributed by atoms with E-state index in [1.54, 1.807) is 0 Å². The van der Waals surface area contributed by atoms with Crippen LogP contribution in [0.2, 0.25) is 0 Å². The van der Waals surface area contributed by atoms with E-state index in [0.717, 1.165) is 6.54 Å². The fourth-order valence-corrected chi connectivity index (χ4v) is 1.44. The Labute approximate surface area is 95.9 Å². The first kappa shape index (κ1) is 10.8. The highest BCUT2D eigenvalue weighted by Crippen LogP contribution is 2.13. The van der Waals surface area contributed by atoms with Crippen molar-refractivity contribution in [3.8, 4) is 0 Å². The first-order chi connectivity index (χ1) is 7.55. The second-order valence-electron chi connectivity index (χ2n) is 4.89. The van der Waals surface area contributed by atoms with E-state index in [4.69, 9.17) is 0 Å². The van der Waals surface area contributed by atoms with Gasteiger partial charge in [0, 0.05) is 24.2 Å². The zero-order chi connectivity index (χ0) is 11.6. The molecule has 0 aliphatic heterocycles. The van der Waals surface area contributed by atoms with Gasteiger partial charge in [-0.15, -0.1) is 0 Å². The number of hydrogen-bond donors (Lipinski definition) is 1. The summed E-state index contributed by atoms with van der Waals surface area (Å²) in [7, 11) is 0. The van der Waals surface area contributed by atoms with Crippen LogP contribution >= 0.6 is 0 Å². The maximum absolute atomic E-state index is 4.35. The van der Waals surface area contributed by atoms with E-state index in [9.17, 15) is 0 Å². The second-order valence-corrected chi connectivity index (χ2v) is 4.89. The molecule has 2 aromatic heterocycles. The van der Waals surface area contributed by atoms with Gasteiger partial charge < -0.3 is 5.43 Å². The summed E-state index contributed by atoms with van der Waals surface area (Å²) in [5.74, 6) is 0. The average Bonchev–Trinajstić information content (AvgIpc) is 2.85. The molecule has 0 saturated heterocycles. The predicted molar refractivity (Wildman–Crippen MR) is 64.7 cm³/mol. The molecule has 4 heteroatoms. The highest BCUT2D eigenvalue weighted by molar-refractivity contribution is 5.07. The number of nitrogens with zero attached hydrogens (tertiary/aromatic N) is 3. The van der Waals surface area contributed by atoms with Gasteiger partial charge in [-0.3, -0.25) is 9.36 Å². The van der Waals surface area contributed by atoms with E-state index in [2.05, 4.69) is 37.5 Å². The van der Waals surface area contributed by atoms with Gasteiger partial charge in [-0.25, -0.2) is 0 Å². The van der Waals surface area contributed by atoms with Crippen molar-refractivity contribution in [2.45, 2.75) is 32.9 Å². The molecular formula is C12H18N4. The monoisotopic (exact) mass is 218 g/mol. The van der Waals surface area contributed by atoms with Crippen molar-refractivity contribution < 1.29 is 0 Å². The average molecular weight is 218 g/mol. The van der Waals surface area contributed by atoms with Crippen LogP contribution in [-0.2, 0) is 12.1 Å². The van der Waals surface area contributed by atoms with Crippen LogP contribution in [0.25, 0.3) is 0 Å². The molecule has 4 nitrogen and oxygen atoms in total. The largest absolute Gasteiger partial charge is 0.322 e. The molecule has 2 rings (SSSR count). The quantitative estimate of drug-likeness (QED) is 0.857. The molecule has 2 heterocycles. The van der Waals surface area contributed by atoms with E-state index in [-0.39, 0.29) is 5.54 Å². The first-order valence-electron chi connectivity index (χ1n) is 5.46. The van der Waals surface area contributed by atoms with Crippen LogP contribution in [0.4, 0.5) is 0 Å². The van der Waals surface area contributed by atoms with Crippen molar-refractivity contribution in [3.63, 3.8) is 0 Å². The van der Waals surface area contributed by atoms with E-state index < -0.39 is 0 Å². The lowest BCUT2D eigenvalue weighted by atomic mass is 10.1. The van der Waals surface area contributed by atoms with Crippen molar-refractivity contribution in [2.75, 3.05) is 5.43 Å². The van der Waals surface area contributed by atoms with E-state index in [0.29, 0.717) is 0 Å². The van der Waals surface area contributed by atoms with Crippen LogP contribution in [-0.4, -0.2) is 14.5 Å². The molecule has 0 atom stereocenters. The topological polar surface area (TPSA) is 34.8 Å². The molecule has 0 radical (unpaired) electrons. The third kappa shape index (κ3) is 2.45. The fourth-order valence-electron chi connectivity index (χ4n) is 1.44. The molecule has 0 saturated carbocycles. The Morgan fingerprint density at radius 1 is 1.25 bits per heavy atom. The molecule has 0 spiro atoms. The lowest BCUT2D eigenvalue weighted by Gasteiger charge is -2.18. The Morgan fingerprint density at radius 2 is 1.94 bits per heavy atom. The Balaban J connectivity index is 1.98. The summed E-state index contributed by atoms with van der Waals surface area (Å²) in [6.45, 7) is 7.21. The molecule has 0 bridgehead atoms. The molecule has 0 aromatic carbocycles. The zero-order valence-electron chi connectivity index (χ0n) is 10.0. The van der Waals surface area contributed by atoms with Gasteiger partial charge in [-0.1, -0.05) is 0 Å². The molecule has 0 unspecified atom stereocenters. The molecule has 0 fully saturated rings. The van der Waals surface area contributed by atoms with Gasteiger partial charge in [0.25, 0.3) is 0 Å². The van der Waals surface area contributed by atoms with Crippen molar-refractivity contribution in [1.29, 1.82) is 0 Å². The summed E-state index contributed by atoms with van der Waals surface area (Å²) in [4.78, 5) is 0. The number of nitrogens with one attached hydrogen (secondary N) is 1. The maximum atomic E-state index is 4.35. The molecular weight excluding hydrogens is 200 g/mol. The van der Waals surface area contributed by atoms with E-state index in [1.807, 2.05) is 40.1 Å². The lowest BCUT2D eigenvalue weighted by Crippen LogP contribution is -2.22.